The van der Waals surface area contributed by atoms with E-state index in [0.29, 0.717) is 11.3 Å². The van der Waals surface area contributed by atoms with Crippen LogP contribution in [-0.4, -0.2) is 45.5 Å². The summed E-state index contributed by atoms with van der Waals surface area (Å²) in [6, 6.07) is 7.29. The number of rotatable bonds is 5. The molecular weight excluding hydrogens is 387 g/mol. The van der Waals surface area contributed by atoms with E-state index in [1.165, 1.54) is 49.9 Å². The molecule has 8 nitrogen and oxygen atoms in total. The average Bonchev–Trinajstić information content (AvgIpc) is 3.06. The number of carboxylic acid groups (broad SMARTS) is 1. The molecule has 0 aromatic carbocycles. The van der Waals surface area contributed by atoms with Gasteiger partial charge in [-0.1, -0.05) is 0 Å². The average molecular weight is 404 g/mol. The summed E-state index contributed by atoms with van der Waals surface area (Å²) in [5.74, 6) is -0.820. The number of nitrogens with zero attached hydrogens (tertiary/aromatic N) is 4. The van der Waals surface area contributed by atoms with Gasteiger partial charge in [-0.25, -0.2) is 22.2 Å². The van der Waals surface area contributed by atoms with E-state index in [9.17, 15) is 17.6 Å². The molecule has 3 aromatic heterocycles. The molecule has 3 aromatic rings. The van der Waals surface area contributed by atoms with Crippen LogP contribution in [0.3, 0.4) is 0 Å². The minimum Gasteiger partial charge on any atom is -0.465 e. The molecule has 0 aliphatic carbocycles. The lowest BCUT2D eigenvalue weighted by Crippen LogP contribution is -2.23. The van der Waals surface area contributed by atoms with Crippen molar-refractivity contribution in [3.05, 3.63) is 66.1 Å². The molecule has 0 atom stereocenters. The second-order valence-corrected chi connectivity index (χ2v) is 7.97. The predicted octanol–water partition coefficient (Wildman–Crippen LogP) is 2.74. The van der Waals surface area contributed by atoms with Crippen molar-refractivity contribution in [3.63, 3.8) is 0 Å². The van der Waals surface area contributed by atoms with Crippen molar-refractivity contribution >= 4 is 16.1 Å². The fraction of sp³-hybridized carbons (Fsp3) is 0.167. The Morgan fingerprint density at radius 1 is 1.32 bits per heavy atom. The van der Waals surface area contributed by atoms with Crippen LogP contribution >= 0.6 is 0 Å². The summed E-state index contributed by atoms with van der Waals surface area (Å²) in [7, 11) is -2.74. The molecular formula is C18H17FN4O4S. The molecule has 0 aliphatic rings. The first-order valence-corrected chi connectivity index (χ1v) is 9.58. The van der Waals surface area contributed by atoms with Gasteiger partial charge in [0.05, 0.1) is 17.8 Å². The third-order valence-electron chi connectivity index (χ3n) is 4.04. The maximum atomic E-state index is 14.5. The van der Waals surface area contributed by atoms with Crippen LogP contribution in [0.2, 0.25) is 0 Å². The predicted molar refractivity (Wildman–Crippen MR) is 98.7 cm³/mol. The molecule has 1 amide bonds. The molecule has 28 heavy (non-hydrogen) atoms. The zero-order valence-electron chi connectivity index (χ0n) is 15.1. The highest BCUT2D eigenvalue weighted by molar-refractivity contribution is 7.90. The normalized spacial score (nSPS) is 11.4. The van der Waals surface area contributed by atoms with Gasteiger partial charge in [0.2, 0.25) is 5.95 Å². The van der Waals surface area contributed by atoms with Gasteiger partial charge in [-0.3, -0.25) is 4.98 Å². The SMILES string of the molecule is Cc1ccc(-c2cc(CN(C)C(=O)O)cn2S(=O)(=O)c2cccnc2)c(F)n1. The zero-order valence-corrected chi connectivity index (χ0v) is 15.9. The highest BCUT2D eigenvalue weighted by atomic mass is 32.2. The molecule has 0 saturated heterocycles. The number of hydrogen-bond donors (Lipinski definition) is 1. The van der Waals surface area contributed by atoms with Crippen LogP contribution in [0.15, 0.2) is 53.8 Å². The Morgan fingerprint density at radius 3 is 2.68 bits per heavy atom. The number of pyridine rings is 2. The molecule has 0 radical (unpaired) electrons. The lowest BCUT2D eigenvalue weighted by molar-refractivity contribution is 0.154. The number of amides is 1. The second-order valence-electron chi connectivity index (χ2n) is 6.15. The third-order valence-corrected chi connectivity index (χ3v) is 5.70. The Morgan fingerprint density at radius 2 is 2.07 bits per heavy atom. The lowest BCUT2D eigenvalue weighted by Gasteiger charge is -2.11. The van der Waals surface area contributed by atoms with Gasteiger partial charge in [0.25, 0.3) is 10.0 Å². The molecule has 3 rings (SSSR count). The van der Waals surface area contributed by atoms with Gasteiger partial charge in [-0.05, 0) is 42.8 Å². The Bertz CT molecular complexity index is 1130. The maximum absolute atomic E-state index is 14.5. The summed E-state index contributed by atoms with van der Waals surface area (Å²) >= 11 is 0. The summed E-state index contributed by atoms with van der Waals surface area (Å²) < 4.78 is 41.6. The summed E-state index contributed by atoms with van der Waals surface area (Å²) in [5, 5.41) is 9.07. The standard InChI is InChI=1S/C18H17FN4O4S/c1-12-5-6-15(17(19)21-12)16-8-13(10-22(2)18(24)25)11-23(16)28(26,27)14-4-3-7-20-9-14/h3-9,11H,10H2,1-2H3,(H,24,25). The molecule has 0 fully saturated rings. The first-order valence-electron chi connectivity index (χ1n) is 8.14. The van der Waals surface area contributed by atoms with E-state index in [-0.39, 0.29) is 22.7 Å². The second kappa shape index (κ2) is 7.39. The van der Waals surface area contributed by atoms with Gasteiger partial charge in [0.1, 0.15) is 4.90 Å². The number of carbonyl (C=O) groups is 1. The monoisotopic (exact) mass is 404 g/mol. The number of halogens is 1. The van der Waals surface area contributed by atoms with Gasteiger partial charge in [0.15, 0.2) is 0 Å². The molecule has 0 unspecified atom stereocenters. The van der Waals surface area contributed by atoms with Gasteiger partial charge < -0.3 is 10.0 Å². The molecule has 0 aliphatic heterocycles. The topological polar surface area (TPSA) is 105 Å². The van der Waals surface area contributed by atoms with Crippen LogP contribution in [0.25, 0.3) is 11.3 Å². The number of aryl methyl sites for hydroxylation is 1. The van der Waals surface area contributed by atoms with Crippen LogP contribution in [0, 0.1) is 12.9 Å². The fourth-order valence-electron chi connectivity index (χ4n) is 2.65. The highest BCUT2D eigenvalue weighted by Gasteiger charge is 2.24. The summed E-state index contributed by atoms with van der Waals surface area (Å²) in [5.41, 5.74) is 0.859. The molecule has 3 heterocycles. The van der Waals surface area contributed by atoms with Crippen molar-refractivity contribution in [2.75, 3.05) is 7.05 Å². The van der Waals surface area contributed by atoms with E-state index in [1.54, 1.807) is 13.0 Å². The minimum absolute atomic E-state index is 0.0118. The van der Waals surface area contributed by atoms with Crippen molar-refractivity contribution in [1.82, 2.24) is 18.8 Å². The van der Waals surface area contributed by atoms with E-state index < -0.39 is 22.1 Å². The van der Waals surface area contributed by atoms with Crippen LogP contribution in [0.4, 0.5) is 9.18 Å². The first kappa shape index (κ1) is 19.5. The zero-order chi connectivity index (χ0) is 20.5. The Labute approximate surface area is 161 Å². The van der Waals surface area contributed by atoms with Crippen LogP contribution in [0.1, 0.15) is 11.3 Å². The number of hydrogen-bond acceptors (Lipinski definition) is 5. The maximum Gasteiger partial charge on any atom is 0.407 e. The Kier molecular flexibility index (Phi) is 5.14. The number of aromatic nitrogens is 3. The molecule has 0 spiro atoms. The highest BCUT2D eigenvalue weighted by Crippen LogP contribution is 2.29. The third kappa shape index (κ3) is 3.72. The van der Waals surface area contributed by atoms with Crippen molar-refractivity contribution < 1.29 is 22.7 Å². The Hall–Kier alpha value is -3.27. The Balaban J connectivity index is 2.19. The smallest absolute Gasteiger partial charge is 0.407 e. The van der Waals surface area contributed by atoms with Gasteiger partial charge >= 0.3 is 6.09 Å². The molecule has 146 valence electrons. The van der Waals surface area contributed by atoms with Crippen molar-refractivity contribution in [2.45, 2.75) is 18.4 Å². The van der Waals surface area contributed by atoms with E-state index in [0.717, 1.165) is 8.87 Å². The van der Waals surface area contributed by atoms with E-state index in [1.807, 2.05) is 0 Å². The van der Waals surface area contributed by atoms with E-state index in [2.05, 4.69) is 9.97 Å². The quantitative estimate of drug-likeness (QED) is 0.656. The van der Waals surface area contributed by atoms with Gasteiger partial charge in [-0.2, -0.15) is 4.39 Å². The van der Waals surface area contributed by atoms with Crippen molar-refractivity contribution in [3.8, 4) is 11.3 Å². The van der Waals surface area contributed by atoms with E-state index in [4.69, 9.17) is 5.11 Å². The van der Waals surface area contributed by atoms with Crippen LogP contribution < -0.4 is 0 Å². The van der Waals surface area contributed by atoms with Gasteiger partial charge in [-0.15, -0.1) is 0 Å². The lowest BCUT2D eigenvalue weighted by atomic mass is 10.2. The minimum atomic E-state index is -4.09. The molecule has 0 saturated carbocycles. The summed E-state index contributed by atoms with van der Waals surface area (Å²) in [6.45, 7) is 1.55. The summed E-state index contributed by atoms with van der Waals surface area (Å²) in [6.07, 6.45) is 2.72. The van der Waals surface area contributed by atoms with Crippen LogP contribution in [0.5, 0.6) is 0 Å². The molecule has 10 heteroatoms. The van der Waals surface area contributed by atoms with E-state index >= 15 is 0 Å². The molecule has 1 N–H and O–H groups in total. The first-order chi connectivity index (χ1) is 13.2. The van der Waals surface area contributed by atoms with Gasteiger partial charge in [0, 0.05) is 31.3 Å². The largest absolute Gasteiger partial charge is 0.465 e. The fourth-order valence-corrected chi connectivity index (χ4v) is 4.01. The van der Waals surface area contributed by atoms with Crippen LogP contribution in [-0.2, 0) is 16.6 Å². The van der Waals surface area contributed by atoms with Crippen molar-refractivity contribution in [1.29, 1.82) is 0 Å². The summed E-state index contributed by atoms with van der Waals surface area (Å²) in [4.78, 5) is 19.6. The molecule has 0 bridgehead atoms. The van der Waals surface area contributed by atoms with Crippen molar-refractivity contribution in [2.24, 2.45) is 0 Å².